The first-order valence-corrected chi connectivity index (χ1v) is 22.3. The van der Waals surface area contributed by atoms with Gasteiger partial charge in [0.15, 0.2) is 0 Å². The highest BCUT2D eigenvalue weighted by Gasteiger charge is 2.25. The molecule has 1 aromatic carbocycles. The normalized spacial score (nSPS) is 17.0. The maximum Gasteiger partial charge on any atom is 0.407 e. The van der Waals surface area contributed by atoms with Crippen molar-refractivity contribution < 1.29 is 23.8 Å². The predicted molar refractivity (Wildman–Crippen MR) is 210 cm³/mol. The minimum atomic E-state index is -1.25. The molecule has 4 aromatic rings. The summed E-state index contributed by atoms with van der Waals surface area (Å²) in [4.78, 5) is 41.8. The van der Waals surface area contributed by atoms with E-state index in [9.17, 15) is 9.59 Å². The van der Waals surface area contributed by atoms with E-state index in [0.29, 0.717) is 51.0 Å². The highest BCUT2D eigenvalue weighted by Crippen LogP contribution is 2.33. The van der Waals surface area contributed by atoms with Gasteiger partial charge < -0.3 is 29.4 Å². The Bertz CT molecular complexity index is 1930. The number of piperidine rings is 1. The molecule has 0 radical (unpaired) electrons. The first-order valence-electron chi connectivity index (χ1n) is 18.6. The molecule has 6 rings (SSSR count). The average Bonchev–Trinajstić information content (AvgIpc) is 3.48. The second kappa shape index (κ2) is 16.7. The Labute approximate surface area is 313 Å². The first-order chi connectivity index (χ1) is 25.3. The molecule has 2 aliphatic rings. The number of fused-ring (bicyclic) bond motifs is 1. The molecule has 2 N–H and O–H groups in total. The number of nitrogens with one attached hydrogen (secondary N) is 2. The molecule has 53 heavy (non-hydrogen) atoms. The van der Waals surface area contributed by atoms with Crippen molar-refractivity contribution in [2.24, 2.45) is 0 Å². The fourth-order valence-corrected chi connectivity index (χ4v) is 7.39. The maximum absolute atomic E-state index is 13.4. The molecule has 3 aromatic heterocycles. The Morgan fingerprint density at radius 3 is 2.60 bits per heavy atom. The quantitative estimate of drug-likeness (QED) is 0.113. The molecular weight excluding hydrogens is 687 g/mol. The van der Waals surface area contributed by atoms with E-state index >= 15 is 0 Å². The van der Waals surface area contributed by atoms with Gasteiger partial charge in [0.2, 0.25) is 0 Å². The van der Waals surface area contributed by atoms with Crippen molar-refractivity contribution >= 4 is 42.4 Å². The highest BCUT2D eigenvalue weighted by atomic mass is 28.3. The van der Waals surface area contributed by atoms with E-state index in [2.05, 4.69) is 61.9 Å². The SMILES string of the molecule is CC(C)(C)OC(=O)N[C@@H]1CCCN(Cc2ccnc(C(=O)Nc3ccc(-c4cc5c(C6=CCOCC6)ncnc5n4COCC[Si](C)(C)C)cc3)c2)C1. The van der Waals surface area contributed by atoms with Crippen LogP contribution in [-0.4, -0.2) is 89.0 Å². The van der Waals surface area contributed by atoms with Crippen LogP contribution in [0.15, 0.2) is 61.1 Å². The fraction of sp³-hybridized carbons (Fsp3) is 0.475. The predicted octanol–water partition coefficient (Wildman–Crippen LogP) is 7.35. The molecule has 12 nitrogen and oxygen atoms in total. The number of alkyl carbamates (subject to hydrolysis) is 1. The second-order valence-electron chi connectivity index (χ2n) is 16.1. The summed E-state index contributed by atoms with van der Waals surface area (Å²) < 4.78 is 19.4. The van der Waals surface area contributed by atoms with E-state index in [4.69, 9.17) is 19.2 Å². The lowest BCUT2D eigenvalue weighted by Gasteiger charge is -2.33. The lowest BCUT2D eigenvalue weighted by atomic mass is 10.0. The number of hydrogen-bond acceptors (Lipinski definition) is 9. The number of carbonyl (C=O) groups is 2. The molecule has 2 aliphatic heterocycles. The number of aromatic nitrogens is 4. The summed E-state index contributed by atoms with van der Waals surface area (Å²) in [5, 5.41) is 7.00. The van der Waals surface area contributed by atoms with E-state index in [1.165, 1.54) is 0 Å². The van der Waals surface area contributed by atoms with Crippen molar-refractivity contribution in [3.05, 3.63) is 78.0 Å². The molecule has 282 valence electrons. The van der Waals surface area contributed by atoms with Gasteiger partial charge >= 0.3 is 6.09 Å². The van der Waals surface area contributed by atoms with Gasteiger partial charge in [-0.15, -0.1) is 0 Å². The van der Waals surface area contributed by atoms with Crippen molar-refractivity contribution in [2.75, 3.05) is 38.2 Å². The van der Waals surface area contributed by atoms with Gasteiger partial charge in [-0.3, -0.25) is 14.7 Å². The molecule has 0 spiro atoms. The number of rotatable bonds is 12. The number of nitrogens with zero attached hydrogens (tertiary/aromatic N) is 5. The lowest BCUT2D eigenvalue weighted by molar-refractivity contribution is 0.0470. The highest BCUT2D eigenvalue weighted by molar-refractivity contribution is 6.76. The minimum Gasteiger partial charge on any atom is -0.444 e. The van der Waals surface area contributed by atoms with E-state index < -0.39 is 19.8 Å². The zero-order valence-corrected chi connectivity index (χ0v) is 32.9. The monoisotopic (exact) mass is 739 g/mol. The van der Waals surface area contributed by atoms with Gasteiger partial charge in [-0.1, -0.05) is 37.8 Å². The molecular formula is C40H53N7O5Si. The molecule has 5 heterocycles. The number of likely N-dealkylation sites (tertiary alicyclic amines) is 1. The van der Waals surface area contributed by atoms with Crippen LogP contribution < -0.4 is 10.6 Å². The third-order valence-corrected chi connectivity index (χ3v) is 11.0. The van der Waals surface area contributed by atoms with Crippen LogP contribution in [0.4, 0.5) is 10.5 Å². The lowest BCUT2D eigenvalue weighted by Crippen LogP contribution is -2.48. The maximum atomic E-state index is 13.4. The van der Waals surface area contributed by atoms with Gasteiger partial charge in [0.25, 0.3) is 5.91 Å². The molecule has 1 fully saturated rings. The van der Waals surface area contributed by atoms with Crippen LogP contribution >= 0.6 is 0 Å². The number of ether oxygens (including phenoxy) is 3. The largest absolute Gasteiger partial charge is 0.444 e. The van der Waals surface area contributed by atoms with Gasteiger partial charge in [0.05, 0.1) is 24.6 Å². The van der Waals surface area contributed by atoms with Gasteiger partial charge in [-0.05, 0) is 99.7 Å². The molecule has 0 unspecified atom stereocenters. The van der Waals surface area contributed by atoms with Crippen molar-refractivity contribution in [1.29, 1.82) is 0 Å². The standard InChI is InChI=1S/C40H53N7O5Si/c1-40(2,3)52-39(49)45-32-8-7-17-46(25-32)24-28-13-16-41-34(22-28)38(48)44-31-11-9-29(10-12-31)35-23-33-36(30-14-18-50-19-15-30)42-26-43-37(33)47(35)27-51-20-21-53(4,5)6/h9-14,16,22-23,26,32H,7-8,15,17-21,24-25,27H2,1-6H3,(H,44,48)(H,45,49)/t32-/m1/s1. The second-order valence-corrected chi connectivity index (χ2v) is 21.7. The van der Waals surface area contributed by atoms with Crippen LogP contribution in [-0.2, 0) is 27.5 Å². The Morgan fingerprint density at radius 1 is 1.06 bits per heavy atom. The Morgan fingerprint density at radius 2 is 1.87 bits per heavy atom. The minimum absolute atomic E-state index is 0.00859. The van der Waals surface area contributed by atoms with Crippen molar-refractivity contribution in [2.45, 2.75) is 90.6 Å². The molecule has 1 atom stereocenters. The summed E-state index contributed by atoms with van der Waals surface area (Å²) in [6, 6.07) is 14.8. The van der Waals surface area contributed by atoms with Crippen LogP contribution in [0.25, 0.3) is 27.9 Å². The molecule has 0 saturated carbocycles. The Hall–Kier alpha value is -4.43. The molecule has 1 saturated heterocycles. The number of amides is 2. The summed E-state index contributed by atoms with van der Waals surface area (Å²) in [7, 11) is -1.25. The van der Waals surface area contributed by atoms with Gasteiger partial charge in [0.1, 0.15) is 30.0 Å². The number of pyridine rings is 1. The van der Waals surface area contributed by atoms with Crippen LogP contribution in [0.3, 0.4) is 0 Å². The van der Waals surface area contributed by atoms with E-state index in [1.54, 1.807) is 12.5 Å². The van der Waals surface area contributed by atoms with Crippen LogP contribution in [0, 0.1) is 0 Å². The van der Waals surface area contributed by atoms with Crippen molar-refractivity contribution in [1.82, 2.24) is 29.7 Å². The molecule has 2 amide bonds. The molecule has 13 heteroatoms. The molecule has 0 bridgehead atoms. The third-order valence-electron chi connectivity index (χ3n) is 9.30. The first kappa shape index (κ1) is 38.3. The molecule has 0 aliphatic carbocycles. The smallest absolute Gasteiger partial charge is 0.407 e. The van der Waals surface area contributed by atoms with Crippen LogP contribution in [0.5, 0.6) is 0 Å². The zero-order chi connectivity index (χ0) is 37.6. The van der Waals surface area contributed by atoms with Gasteiger partial charge in [-0.25, -0.2) is 14.8 Å². The summed E-state index contributed by atoms with van der Waals surface area (Å²) in [5.41, 5.74) is 6.32. The number of anilines is 1. The van der Waals surface area contributed by atoms with E-state index in [-0.39, 0.29) is 11.9 Å². The zero-order valence-electron chi connectivity index (χ0n) is 31.9. The van der Waals surface area contributed by atoms with E-state index in [0.717, 1.165) is 71.0 Å². The number of hydrogen-bond donors (Lipinski definition) is 2. The van der Waals surface area contributed by atoms with Crippen molar-refractivity contribution in [3.63, 3.8) is 0 Å². The number of carbonyl (C=O) groups excluding carboxylic acids is 2. The number of benzene rings is 1. The summed E-state index contributed by atoms with van der Waals surface area (Å²) in [6.07, 6.45) is 7.68. The Kier molecular flexibility index (Phi) is 12.1. The fourth-order valence-electron chi connectivity index (χ4n) is 6.63. The van der Waals surface area contributed by atoms with Crippen molar-refractivity contribution in [3.8, 4) is 11.3 Å². The topological polar surface area (TPSA) is 133 Å². The van der Waals surface area contributed by atoms with E-state index in [1.807, 2.05) is 57.2 Å². The Balaban J connectivity index is 1.14. The van der Waals surface area contributed by atoms with Crippen LogP contribution in [0.2, 0.25) is 25.7 Å². The third kappa shape index (κ3) is 10.6. The summed E-state index contributed by atoms with van der Waals surface area (Å²) in [6.45, 7) is 17.2. The summed E-state index contributed by atoms with van der Waals surface area (Å²) in [5.74, 6) is -0.280. The average molecular weight is 740 g/mol. The van der Waals surface area contributed by atoms with Gasteiger partial charge in [0, 0.05) is 51.1 Å². The van der Waals surface area contributed by atoms with Crippen LogP contribution in [0.1, 0.15) is 61.8 Å². The van der Waals surface area contributed by atoms with Gasteiger partial charge in [-0.2, -0.15) is 0 Å². The summed E-state index contributed by atoms with van der Waals surface area (Å²) >= 11 is 0.